The second-order valence-electron chi connectivity index (χ2n) is 5.91. The number of halogens is 1. The lowest BCUT2D eigenvalue weighted by Crippen LogP contribution is -2.28. The van der Waals surface area contributed by atoms with Gasteiger partial charge in [-0.2, -0.15) is 0 Å². The van der Waals surface area contributed by atoms with Crippen LogP contribution in [0.5, 0.6) is 0 Å². The van der Waals surface area contributed by atoms with Gasteiger partial charge in [-0.1, -0.05) is 29.8 Å². The first-order valence-corrected chi connectivity index (χ1v) is 10.9. The van der Waals surface area contributed by atoms with Gasteiger partial charge in [0.2, 0.25) is 15.9 Å². The van der Waals surface area contributed by atoms with Crippen LogP contribution in [0.3, 0.4) is 0 Å². The molecular weight excluding hydrogens is 422 g/mol. The van der Waals surface area contributed by atoms with E-state index >= 15 is 0 Å². The normalized spacial score (nSPS) is 11.1. The molecule has 0 fully saturated rings. The van der Waals surface area contributed by atoms with E-state index in [1.807, 2.05) is 0 Å². The van der Waals surface area contributed by atoms with E-state index < -0.39 is 10.0 Å². The topological polar surface area (TPSA) is 95.6 Å². The maximum atomic E-state index is 12.2. The molecule has 150 valence electrons. The number of sulfonamides is 1. The maximum Gasteiger partial charge on any atom is 0.286 e. The number of nitrogens with one attached hydrogen (secondary N) is 2. The molecule has 0 heterocycles. The molecule has 0 aliphatic rings. The van der Waals surface area contributed by atoms with Gasteiger partial charge in [0.05, 0.1) is 10.6 Å². The third-order valence-electron chi connectivity index (χ3n) is 3.47. The number of carbonyl (C=O) groups is 2. The SMILES string of the molecule is CN(C)C(=O)Sc1ccccc1NC(=O)CCNS(=O)(=O)c1cccc(Cl)c1. The predicted molar refractivity (Wildman–Crippen MR) is 111 cm³/mol. The van der Waals surface area contributed by atoms with Crippen LogP contribution in [-0.4, -0.2) is 45.1 Å². The molecule has 0 saturated carbocycles. The molecule has 0 spiro atoms. The first-order chi connectivity index (χ1) is 13.2. The van der Waals surface area contributed by atoms with Gasteiger partial charge in [0.15, 0.2) is 0 Å². The van der Waals surface area contributed by atoms with Gasteiger partial charge in [-0.25, -0.2) is 13.1 Å². The zero-order chi connectivity index (χ0) is 20.7. The standard InChI is InChI=1S/C18H20ClN3O4S2/c1-22(2)18(24)27-16-9-4-3-8-15(16)21-17(23)10-11-20-28(25,26)14-7-5-6-13(19)12-14/h3-9,12,20H,10-11H2,1-2H3,(H,21,23). The zero-order valence-electron chi connectivity index (χ0n) is 15.3. The number of hydrogen-bond donors (Lipinski definition) is 2. The third-order valence-corrected chi connectivity index (χ3v) is 6.28. The molecule has 28 heavy (non-hydrogen) atoms. The van der Waals surface area contributed by atoms with Gasteiger partial charge in [-0.15, -0.1) is 0 Å². The first-order valence-electron chi connectivity index (χ1n) is 8.22. The first kappa shape index (κ1) is 22.2. The number of anilines is 1. The molecule has 0 atom stereocenters. The van der Waals surface area contributed by atoms with Gasteiger partial charge in [0.1, 0.15) is 0 Å². The van der Waals surface area contributed by atoms with E-state index in [9.17, 15) is 18.0 Å². The molecule has 2 N–H and O–H groups in total. The van der Waals surface area contributed by atoms with Crippen molar-refractivity contribution in [1.82, 2.24) is 9.62 Å². The van der Waals surface area contributed by atoms with Crippen LogP contribution < -0.4 is 10.0 Å². The fraction of sp³-hybridized carbons (Fsp3) is 0.222. The number of carbonyl (C=O) groups excluding carboxylic acids is 2. The lowest BCUT2D eigenvalue weighted by Gasteiger charge is -2.13. The van der Waals surface area contributed by atoms with E-state index in [-0.39, 0.29) is 29.0 Å². The number of para-hydroxylation sites is 1. The summed E-state index contributed by atoms with van der Waals surface area (Å²) >= 11 is 6.81. The maximum absolute atomic E-state index is 12.2. The van der Waals surface area contributed by atoms with Crippen LogP contribution in [0.1, 0.15) is 6.42 Å². The van der Waals surface area contributed by atoms with E-state index in [4.69, 9.17) is 11.6 Å². The second-order valence-corrected chi connectivity index (χ2v) is 9.11. The molecule has 0 unspecified atom stereocenters. The number of nitrogens with zero attached hydrogens (tertiary/aromatic N) is 1. The average molecular weight is 442 g/mol. The summed E-state index contributed by atoms with van der Waals surface area (Å²) < 4.78 is 26.8. The van der Waals surface area contributed by atoms with Crippen LogP contribution >= 0.6 is 23.4 Å². The fourth-order valence-electron chi connectivity index (χ4n) is 2.07. The Bertz CT molecular complexity index is 965. The molecule has 0 radical (unpaired) electrons. The highest BCUT2D eigenvalue weighted by Crippen LogP contribution is 2.28. The van der Waals surface area contributed by atoms with Gasteiger partial charge in [0, 0.05) is 37.0 Å². The molecule has 2 aromatic rings. The Morgan fingerprint density at radius 1 is 1.11 bits per heavy atom. The monoisotopic (exact) mass is 441 g/mol. The summed E-state index contributed by atoms with van der Waals surface area (Å²) in [5.74, 6) is -0.376. The second kappa shape index (κ2) is 9.92. The number of thioether (sulfide) groups is 1. The summed E-state index contributed by atoms with van der Waals surface area (Å²) in [6.07, 6.45) is -0.0690. The summed E-state index contributed by atoms with van der Waals surface area (Å²) in [7, 11) is -0.471. The number of benzene rings is 2. The van der Waals surface area contributed by atoms with Crippen molar-refractivity contribution in [3.05, 3.63) is 53.6 Å². The van der Waals surface area contributed by atoms with Crippen molar-refractivity contribution in [2.45, 2.75) is 16.2 Å². The molecule has 7 nitrogen and oxygen atoms in total. The lowest BCUT2D eigenvalue weighted by molar-refractivity contribution is -0.116. The van der Waals surface area contributed by atoms with Gasteiger partial charge >= 0.3 is 0 Å². The molecule has 2 aromatic carbocycles. The smallest absolute Gasteiger partial charge is 0.286 e. The Balaban J connectivity index is 1.94. The third kappa shape index (κ3) is 6.52. The van der Waals surface area contributed by atoms with Crippen LogP contribution in [0.4, 0.5) is 10.5 Å². The largest absolute Gasteiger partial charge is 0.339 e. The highest BCUT2D eigenvalue weighted by Gasteiger charge is 2.16. The molecule has 0 aliphatic carbocycles. The van der Waals surface area contributed by atoms with Crippen molar-refractivity contribution < 1.29 is 18.0 Å². The minimum atomic E-state index is -3.75. The number of hydrogen-bond acceptors (Lipinski definition) is 5. The summed E-state index contributed by atoms with van der Waals surface area (Å²) in [5, 5.41) is 2.84. The van der Waals surface area contributed by atoms with Crippen LogP contribution in [0.25, 0.3) is 0 Å². The molecule has 2 rings (SSSR count). The van der Waals surface area contributed by atoms with E-state index in [2.05, 4.69) is 10.0 Å². The average Bonchev–Trinajstić information content (AvgIpc) is 2.63. The van der Waals surface area contributed by atoms with Crippen LogP contribution in [0.2, 0.25) is 5.02 Å². The van der Waals surface area contributed by atoms with Gasteiger partial charge in [-0.3, -0.25) is 9.59 Å². The van der Waals surface area contributed by atoms with Crippen molar-refractivity contribution in [2.24, 2.45) is 0 Å². The predicted octanol–water partition coefficient (Wildman–Crippen LogP) is 3.42. The minimum Gasteiger partial charge on any atom is -0.339 e. The van der Waals surface area contributed by atoms with E-state index in [0.29, 0.717) is 15.6 Å². The van der Waals surface area contributed by atoms with Crippen LogP contribution in [0, 0.1) is 0 Å². The van der Waals surface area contributed by atoms with E-state index in [0.717, 1.165) is 11.8 Å². The Hall–Kier alpha value is -2.07. The van der Waals surface area contributed by atoms with Crippen LogP contribution in [-0.2, 0) is 14.8 Å². The fourth-order valence-corrected chi connectivity index (χ4v) is 4.15. The summed E-state index contributed by atoms with van der Waals surface area (Å²) in [4.78, 5) is 26.1. The molecular formula is C18H20ClN3O4S2. The Kier molecular flexibility index (Phi) is 7.88. The summed E-state index contributed by atoms with van der Waals surface area (Å²) in [6, 6.07) is 12.8. The van der Waals surface area contributed by atoms with Gasteiger partial charge in [-0.05, 0) is 42.1 Å². The van der Waals surface area contributed by atoms with Crippen molar-refractivity contribution >= 4 is 50.2 Å². The van der Waals surface area contributed by atoms with E-state index in [1.54, 1.807) is 44.4 Å². The van der Waals surface area contributed by atoms with Gasteiger partial charge in [0.25, 0.3) is 5.24 Å². The molecule has 2 amide bonds. The Labute approximate surface area is 173 Å². The quantitative estimate of drug-likeness (QED) is 0.642. The minimum absolute atomic E-state index is 0.0318. The molecule has 0 aromatic heterocycles. The highest BCUT2D eigenvalue weighted by atomic mass is 35.5. The lowest BCUT2D eigenvalue weighted by atomic mass is 10.3. The molecule has 0 aliphatic heterocycles. The number of amides is 2. The Morgan fingerprint density at radius 3 is 2.50 bits per heavy atom. The van der Waals surface area contributed by atoms with Crippen molar-refractivity contribution in [2.75, 3.05) is 26.0 Å². The van der Waals surface area contributed by atoms with Gasteiger partial charge < -0.3 is 10.2 Å². The van der Waals surface area contributed by atoms with Crippen molar-refractivity contribution in [3.63, 3.8) is 0 Å². The van der Waals surface area contributed by atoms with Crippen molar-refractivity contribution in [1.29, 1.82) is 0 Å². The zero-order valence-corrected chi connectivity index (χ0v) is 17.7. The van der Waals surface area contributed by atoms with Crippen molar-refractivity contribution in [3.8, 4) is 0 Å². The van der Waals surface area contributed by atoms with E-state index in [1.165, 1.54) is 23.1 Å². The summed E-state index contributed by atoms with van der Waals surface area (Å²) in [6.45, 7) is -0.0768. The highest BCUT2D eigenvalue weighted by molar-refractivity contribution is 8.13. The number of rotatable bonds is 7. The summed E-state index contributed by atoms with van der Waals surface area (Å²) in [5.41, 5.74) is 0.491. The van der Waals surface area contributed by atoms with Crippen LogP contribution in [0.15, 0.2) is 58.3 Å². The molecule has 10 heteroatoms. The molecule has 0 bridgehead atoms. The Morgan fingerprint density at radius 2 is 1.82 bits per heavy atom. The molecule has 0 saturated heterocycles.